The smallest absolute Gasteiger partial charge is 0.253 e. The van der Waals surface area contributed by atoms with Gasteiger partial charge in [-0.3, -0.25) is 14.5 Å². The summed E-state index contributed by atoms with van der Waals surface area (Å²) in [6, 6.07) is 15.7. The maximum Gasteiger partial charge on any atom is 0.253 e. The molecule has 0 unspecified atom stereocenters. The molecule has 4 rings (SSSR count). The Labute approximate surface area is 199 Å². The van der Waals surface area contributed by atoms with Gasteiger partial charge in [-0.25, -0.2) is 0 Å². The van der Waals surface area contributed by atoms with Gasteiger partial charge < -0.3 is 9.80 Å². The van der Waals surface area contributed by atoms with Gasteiger partial charge in [0.15, 0.2) is 0 Å². The highest BCUT2D eigenvalue weighted by Crippen LogP contribution is 2.24. The number of carbonyl (C=O) groups excluding carboxylic acids is 2. The zero-order chi connectivity index (χ0) is 22.3. The molecule has 170 valence electrons. The molecule has 2 aliphatic heterocycles. The molecule has 2 aromatic carbocycles. The summed E-state index contributed by atoms with van der Waals surface area (Å²) in [7, 11) is 0. The van der Waals surface area contributed by atoms with Gasteiger partial charge in [0.1, 0.15) is 0 Å². The maximum atomic E-state index is 12.9. The van der Waals surface area contributed by atoms with Crippen LogP contribution in [0.5, 0.6) is 0 Å². The number of likely N-dealkylation sites (tertiary alicyclic amines) is 1. The number of benzene rings is 2. The van der Waals surface area contributed by atoms with Crippen molar-refractivity contribution in [2.45, 2.75) is 29.9 Å². The topological polar surface area (TPSA) is 43.9 Å². The summed E-state index contributed by atoms with van der Waals surface area (Å²) in [6.45, 7) is 5.10. The van der Waals surface area contributed by atoms with Gasteiger partial charge in [0.2, 0.25) is 5.91 Å². The van der Waals surface area contributed by atoms with Crippen LogP contribution in [-0.2, 0) is 10.5 Å². The van der Waals surface area contributed by atoms with E-state index in [1.165, 1.54) is 16.9 Å². The first-order chi connectivity index (χ1) is 15.6. The average Bonchev–Trinajstić information content (AvgIpc) is 2.84. The molecular weight excluding hydrogens is 442 g/mol. The molecule has 2 fully saturated rings. The van der Waals surface area contributed by atoms with E-state index in [0.717, 1.165) is 55.4 Å². The summed E-state index contributed by atoms with van der Waals surface area (Å²) in [5.41, 5.74) is 1.91. The highest BCUT2D eigenvalue weighted by atomic mass is 35.5. The van der Waals surface area contributed by atoms with E-state index in [2.05, 4.69) is 4.90 Å². The van der Waals surface area contributed by atoms with Crippen molar-refractivity contribution >= 4 is 35.2 Å². The van der Waals surface area contributed by atoms with Gasteiger partial charge in [-0.05, 0) is 61.2 Å². The van der Waals surface area contributed by atoms with E-state index in [0.29, 0.717) is 19.6 Å². The second-order valence-electron chi connectivity index (χ2n) is 8.45. The van der Waals surface area contributed by atoms with E-state index in [-0.39, 0.29) is 11.8 Å². The number of amides is 2. The first-order valence-electron chi connectivity index (χ1n) is 11.4. The van der Waals surface area contributed by atoms with Crippen LogP contribution < -0.4 is 0 Å². The highest BCUT2D eigenvalue weighted by Gasteiger charge is 2.25. The van der Waals surface area contributed by atoms with Crippen molar-refractivity contribution in [3.8, 4) is 0 Å². The van der Waals surface area contributed by atoms with Crippen LogP contribution >= 0.6 is 23.4 Å². The summed E-state index contributed by atoms with van der Waals surface area (Å²) in [4.78, 5) is 32.6. The van der Waals surface area contributed by atoms with Crippen molar-refractivity contribution in [2.24, 2.45) is 0 Å². The minimum Gasteiger partial charge on any atom is -0.342 e. The molecule has 0 N–H and O–H groups in total. The summed E-state index contributed by atoms with van der Waals surface area (Å²) >= 11 is 7.69. The quantitative estimate of drug-likeness (QED) is 0.585. The predicted octanol–water partition coefficient (Wildman–Crippen LogP) is 4.40. The molecule has 0 saturated carbocycles. The number of halogens is 1. The summed E-state index contributed by atoms with van der Waals surface area (Å²) in [5, 5.41) is 0.742. The predicted molar refractivity (Wildman–Crippen MR) is 130 cm³/mol. The Morgan fingerprint density at radius 3 is 2.09 bits per heavy atom. The molecule has 2 amide bonds. The SMILES string of the molecule is O=C(CN1CCN(C(=O)c2ccc(CSc3ccc(Cl)cc3)cc2)CC1)N1CCCCC1. The maximum absolute atomic E-state index is 12.9. The molecule has 0 aliphatic carbocycles. The summed E-state index contributed by atoms with van der Waals surface area (Å²) in [5.74, 6) is 1.15. The lowest BCUT2D eigenvalue weighted by Crippen LogP contribution is -2.52. The largest absolute Gasteiger partial charge is 0.342 e. The van der Waals surface area contributed by atoms with E-state index in [1.807, 2.05) is 58.3 Å². The Balaban J connectivity index is 1.23. The lowest BCUT2D eigenvalue weighted by molar-refractivity contribution is -0.133. The molecule has 32 heavy (non-hydrogen) atoms. The van der Waals surface area contributed by atoms with Gasteiger partial charge in [0, 0.05) is 60.5 Å². The van der Waals surface area contributed by atoms with Crippen molar-refractivity contribution in [2.75, 3.05) is 45.8 Å². The van der Waals surface area contributed by atoms with Crippen LogP contribution in [0, 0.1) is 0 Å². The lowest BCUT2D eigenvalue weighted by Gasteiger charge is -2.36. The molecule has 5 nitrogen and oxygen atoms in total. The Hall–Kier alpha value is -2.02. The average molecular weight is 472 g/mol. The van der Waals surface area contributed by atoms with Gasteiger partial charge in [-0.15, -0.1) is 11.8 Å². The number of thioether (sulfide) groups is 1. The van der Waals surface area contributed by atoms with Gasteiger partial charge in [0.25, 0.3) is 5.91 Å². The van der Waals surface area contributed by atoms with Crippen LogP contribution in [0.4, 0.5) is 0 Å². The van der Waals surface area contributed by atoms with Gasteiger partial charge >= 0.3 is 0 Å². The molecule has 2 saturated heterocycles. The molecule has 0 aromatic heterocycles. The molecule has 2 aliphatic rings. The third-order valence-electron chi connectivity index (χ3n) is 6.15. The zero-order valence-corrected chi connectivity index (χ0v) is 19.9. The fourth-order valence-corrected chi connectivity index (χ4v) is 5.15. The third kappa shape index (κ3) is 6.27. The van der Waals surface area contributed by atoms with E-state index in [1.54, 1.807) is 11.8 Å². The molecular formula is C25H30ClN3O2S. The fourth-order valence-electron chi connectivity index (χ4n) is 4.17. The van der Waals surface area contributed by atoms with Crippen molar-refractivity contribution in [3.05, 3.63) is 64.7 Å². The van der Waals surface area contributed by atoms with Crippen LogP contribution in [0.15, 0.2) is 53.4 Å². The fraction of sp³-hybridized carbons (Fsp3) is 0.440. The Morgan fingerprint density at radius 2 is 1.44 bits per heavy atom. The van der Waals surface area contributed by atoms with Crippen molar-refractivity contribution in [3.63, 3.8) is 0 Å². The first kappa shape index (κ1) is 23.1. The van der Waals surface area contributed by atoms with Gasteiger partial charge in [0.05, 0.1) is 6.54 Å². The molecule has 7 heteroatoms. The minimum atomic E-state index is 0.0731. The zero-order valence-electron chi connectivity index (χ0n) is 18.3. The second-order valence-corrected chi connectivity index (χ2v) is 9.93. The molecule has 0 radical (unpaired) electrons. The first-order valence-corrected chi connectivity index (χ1v) is 12.7. The normalized spacial score (nSPS) is 17.4. The molecule has 0 spiro atoms. The van der Waals surface area contributed by atoms with E-state index in [9.17, 15) is 9.59 Å². The molecule has 2 aromatic rings. The number of nitrogens with zero attached hydrogens (tertiary/aromatic N) is 3. The number of carbonyl (C=O) groups is 2. The molecule has 2 heterocycles. The number of rotatable bonds is 6. The second kappa shape index (κ2) is 11.2. The van der Waals surface area contributed by atoms with Crippen LogP contribution in [0.1, 0.15) is 35.2 Å². The van der Waals surface area contributed by atoms with Crippen molar-refractivity contribution in [1.29, 1.82) is 0 Å². The van der Waals surface area contributed by atoms with Gasteiger partial charge in [-0.1, -0.05) is 23.7 Å². The third-order valence-corrected chi connectivity index (χ3v) is 7.48. The Morgan fingerprint density at radius 1 is 0.781 bits per heavy atom. The lowest BCUT2D eigenvalue weighted by atomic mass is 10.1. The van der Waals surface area contributed by atoms with Crippen LogP contribution in [0.25, 0.3) is 0 Å². The van der Waals surface area contributed by atoms with E-state index in [4.69, 9.17) is 11.6 Å². The summed E-state index contributed by atoms with van der Waals surface area (Å²) in [6.07, 6.45) is 3.46. The Kier molecular flexibility index (Phi) is 8.11. The monoisotopic (exact) mass is 471 g/mol. The molecule has 0 atom stereocenters. The van der Waals surface area contributed by atoms with Crippen LogP contribution in [0.3, 0.4) is 0 Å². The van der Waals surface area contributed by atoms with Crippen molar-refractivity contribution in [1.82, 2.24) is 14.7 Å². The molecule has 0 bridgehead atoms. The van der Waals surface area contributed by atoms with Crippen LogP contribution in [0.2, 0.25) is 5.02 Å². The highest BCUT2D eigenvalue weighted by molar-refractivity contribution is 7.98. The Bertz CT molecular complexity index is 906. The number of hydrogen-bond donors (Lipinski definition) is 0. The number of hydrogen-bond acceptors (Lipinski definition) is 4. The standard InChI is InChI=1S/C25H30ClN3O2S/c26-22-8-10-23(11-9-22)32-19-20-4-6-21(7-5-20)25(31)29-16-14-27(15-17-29)18-24(30)28-12-2-1-3-13-28/h4-11H,1-3,12-19H2. The van der Waals surface area contributed by atoms with Crippen molar-refractivity contribution < 1.29 is 9.59 Å². The van der Waals surface area contributed by atoms with Gasteiger partial charge in [-0.2, -0.15) is 0 Å². The minimum absolute atomic E-state index is 0.0731. The van der Waals surface area contributed by atoms with E-state index >= 15 is 0 Å². The summed E-state index contributed by atoms with van der Waals surface area (Å²) < 4.78 is 0. The van der Waals surface area contributed by atoms with Crippen LogP contribution in [-0.4, -0.2) is 72.3 Å². The number of piperazine rings is 1. The van der Waals surface area contributed by atoms with E-state index < -0.39 is 0 Å². The number of piperidine rings is 1.